The van der Waals surface area contributed by atoms with E-state index in [0.29, 0.717) is 10.8 Å². The molecule has 26 heavy (non-hydrogen) atoms. The number of methoxy groups -OCH3 is 1. The lowest BCUT2D eigenvalue weighted by atomic mass is 10.3. The zero-order valence-corrected chi connectivity index (χ0v) is 15.9. The Labute approximate surface area is 163 Å². The number of benzene rings is 1. The van der Waals surface area contributed by atoms with Gasteiger partial charge in [-0.15, -0.1) is 11.3 Å². The predicted molar refractivity (Wildman–Crippen MR) is 102 cm³/mol. The van der Waals surface area contributed by atoms with Crippen molar-refractivity contribution in [3.05, 3.63) is 63.3 Å². The zero-order valence-electron chi connectivity index (χ0n) is 13.5. The Hall–Kier alpha value is -2.35. The molecule has 0 saturated carbocycles. The summed E-state index contributed by atoms with van der Waals surface area (Å²) < 4.78 is 10.3. The van der Waals surface area contributed by atoms with Crippen molar-refractivity contribution in [2.45, 2.75) is 6.61 Å². The van der Waals surface area contributed by atoms with Crippen LogP contribution in [0, 0.1) is 0 Å². The molecule has 3 aromatic rings. The first-order valence-corrected chi connectivity index (χ1v) is 9.02. The van der Waals surface area contributed by atoms with E-state index >= 15 is 0 Å². The number of pyridine rings is 1. The SMILES string of the molecule is COc1ccc(Nc2nc(COC(=O)c3cnc(Cl)c(Cl)c3)cs2)cc1. The first kappa shape index (κ1) is 18.4. The smallest absolute Gasteiger partial charge is 0.340 e. The third-order valence-electron chi connectivity index (χ3n) is 3.28. The molecule has 0 aliphatic carbocycles. The average Bonchev–Trinajstić information content (AvgIpc) is 3.10. The van der Waals surface area contributed by atoms with Gasteiger partial charge in [-0.3, -0.25) is 0 Å². The highest BCUT2D eigenvalue weighted by Crippen LogP contribution is 2.24. The van der Waals surface area contributed by atoms with E-state index in [1.165, 1.54) is 23.6 Å². The maximum Gasteiger partial charge on any atom is 0.340 e. The molecular formula is C17H13Cl2N3O3S. The van der Waals surface area contributed by atoms with Crippen molar-refractivity contribution in [1.29, 1.82) is 0 Å². The van der Waals surface area contributed by atoms with Crippen LogP contribution in [-0.4, -0.2) is 23.0 Å². The van der Waals surface area contributed by atoms with Crippen LogP contribution in [0.5, 0.6) is 5.75 Å². The number of anilines is 2. The molecule has 2 heterocycles. The molecule has 2 aromatic heterocycles. The molecule has 0 saturated heterocycles. The van der Waals surface area contributed by atoms with Gasteiger partial charge in [0, 0.05) is 17.3 Å². The van der Waals surface area contributed by atoms with E-state index < -0.39 is 5.97 Å². The Morgan fingerprint density at radius 2 is 2.04 bits per heavy atom. The number of thiazole rings is 1. The van der Waals surface area contributed by atoms with Gasteiger partial charge >= 0.3 is 5.97 Å². The summed E-state index contributed by atoms with van der Waals surface area (Å²) in [5.74, 6) is 0.229. The number of nitrogens with zero attached hydrogens (tertiary/aromatic N) is 2. The molecule has 0 spiro atoms. The molecule has 9 heteroatoms. The molecule has 0 aliphatic heterocycles. The van der Waals surface area contributed by atoms with E-state index in [0.717, 1.165) is 11.4 Å². The van der Waals surface area contributed by atoms with Crippen molar-refractivity contribution in [1.82, 2.24) is 9.97 Å². The van der Waals surface area contributed by atoms with Gasteiger partial charge in [0.15, 0.2) is 5.13 Å². The van der Waals surface area contributed by atoms with Gasteiger partial charge in [-0.1, -0.05) is 23.2 Å². The van der Waals surface area contributed by atoms with Gasteiger partial charge in [0.2, 0.25) is 0 Å². The summed E-state index contributed by atoms with van der Waals surface area (Å²) in [5, 5.41) is 6.01. The molecule has 0 amide bonds. The molecule has 1 aromatic carbocycles. The standard InChI is InChI=1S/C17H13Cl2N3O3S/c1-24-13-4-2-11(3-5-13)21-17-22-12(9-26-17)8-25-16(23)10-6-14(18)15(19)20-7-10/h2-7,9H,8H2,1H3,(H,21,22). The summed E-state index contributed by atoms with van der Waals surface area (Å²) in [7, 11) is 1.62. The molecule has 6 nitrogen and oxygen atoms in total. The van der Waals surface area contributed by atoms with E-state index in [4.69, 9.17) is 32.7 Å². The summed E-state index contributed by atoms with van der Waals surface area (Å²) in [6, 6.07) is 8.89. The lowest BCUT2D eigenvalue weighted by Gasteiger charge is -2.04. The fraction of sp³-hybridized carbons (Fsp3) is 0.118. The quantitative estimate of drug-likeness (QED) is 0.458. The van der Waals surface area contributed by atoms with Crippen LogP contribution >= 0.6 is 34.5 Å². The first-order valence-electron chi connectivity index (χ1n) is 7.39. The van der Waals surface area contributed by atoms with Gasteiger partial charge in [-0.05, 0) is 30.3 Å². The van der Waals surface area contributed by atoms with Crippen LogP contribution in [-0.2, 0) is 11.3 Å². The van der Waals surface area contributed by atoms with Crippen LogP contribution < -0.4 is 10.1 Å². The number of rotatable bonds is 6. The number of nitrogens with one attached hydrogen (secondary N) is 1. The van der Waals surface area contributed by atoms with Crippen LogP contribution in [0.1, 0.15) is 16.1 Å². The summed E-state index contributed by atoms with van der Waals surface area (Å²) in [4.78, 5) is 20.2. The van der Waals surface area contributed by atoms with E-state index in [9.17, 15) is 4.79 Å². The van der Waals surface area contributed by atoms with Gasteiger partial charge in [0.1, 0.15) is 17.5 Å². The third-order valence-corrected chi connectivity index (χ3v) is 4.77. The van der Waals surface area contributed by atoms with Gasteiger partial charge < -0.3 is 14.8 Å². The highest BCUT2D eigenvalue weighted by Gasteiger charge is 2.12. The van der Waals surface area contributed by atoms with Gasteiger partial charge in [-0.25, -0.2) is 14.8 Å². The van der Waals surface area contributed by atoms with Gasteiger partial charge in [0.05, 0.1) is 23.4 Å². The van der Waals surface area contributed by atoms with E-state index in [-0.39, 0.29) is 22.3 Å². The zero-order chi connectivity index (χ0) is 18.5. The van der Waals surface area contributed by atoms with Crippen LogP contribution in [0.3, 0.4) is 0 Å². The van der Waals surface area contributed by atoms with E-state index in [1.54, 1.807) is 7.11 Å². The Kier molecular flexibility index (Phi) is 5.92. The Balaban J connectivity index is 1.57. The number of esters is 1. The lowest BCUT2D eigenvalue weighted by molar-refractivity contribution is 0.0468. The first-order chi connectivity index (χ1) is 12.5. The molecule has 3 rings (SSSR count). The van der Waals surface area contributed by atoms with E-state index in [2.05, 4.69) is 15.3 Å². The summed E-state index contributed by atoms with van der Waals surface area (Å²) in [5.41, 5.74) is 1.74. The molecule has 0 bridgehead atoms. The van der Waals surface area contributed by atoms with Crippen LogP contribution in [0.25, 0.3) is 0 Å². The average molecular weight is 410 g/mol. The number of hydrogen-bond acceptors (Lipinski definition) is 7. The summed E-state index contributed by atoms with van der Waals surface area (Å²) in [6.07, 6.45) is 1.31. The summed E-state index contributed by atoms with van der Waals surface area (Å²) >= 11 is 13.0. The third kappa shape index (κ3) is 4.63. The normalized spacial score (nSPS) is 10.4. The van der Waals surface area contributed by atoms with Gasteiger partial charge in [-0.2, -0.15) is 0 Å². The number of carbonyl (C=O) groups excluding carboxylic acids is 1. The van der Waals surface area contributed by atoms with Crippen LogP contribution in [0.4, 0.5) is 10.8 Å². The van der Waals surface area contributed by atoms with Crippen molar-refractivity contribution in [2.75, 3.05) is 12.4 Å². The fourth-order valence-corrected chi connectivity index (χ4v) is 2.97. The number of hydrogen-bond donors (Lipinski definition) is 1. The van der Waals surface area contributed by atoms with E-state index in [1.807, 2.05) is 29.6 Å². The number of carbonyl (C=O) groups is 1. The maximum absolute atomic E-state index is 12.0. The minimum absolute atomic E-state index is 0.0415. The topological polar surface area (TPSA) is 73.3 Å². The number of halogens is 2. The number of ether oxygens (including phenoxy) is 2. The Morgan fingerprint density at radius 1 is 1.27 bits per heavy atom. The van der Waals surface area contributed by atoms with Crippen molar-refractivity contribution in [2.24, 2.45) is 0 Å². The number of aromatic nitrogens is 2. The van der Waals surface area contributed by atoms with Crippen molar-refractivity contribution in [3.8, 4) is 5.75 Å². The molecule has 0 aliphatic rings. The maximum atomic E-state index is 12.0. The molecular weight excluding hydrogens is 397 g/mol. The monoisotopic (exact) mass is 409 g/mol. The Morgan fingerprint density at radius 3 is 2.73 bits per heavy atom. The molecule has 0 fully saturated rings. The molecule has 0 unspecified atom stereocenters. The van der Waals surface area contributed by atoms with Crippen molar-refractivity contribution in [3.63, 3.8) is 0 Å². The summed E-state index contributed by atoms with van der Waals surface area (Å²) in [6.45, 7) is 0.0415. The highest BCUT2D eigenvalue weighted by atomic mass is 35.5. The second kappa shape index (κ2) is 8.35. The lowest BCUT2D eigenvalue weighted by Crippen LogP contribution is -2.06. The molecule has 1 N–H and O–H groups in total. The van der Waals surface area contributed by atoms with Crippen molar-refractivity contribution >= 4 is 51.3 Å². The minimum Gasteiger partial charge on any atom is -0.497 e. The second-order valence-corrected chi connectivity index (χ2v) is 6.69. The highest BCUT2D eigenvalue weighted by molar-refractivity contribution is 7.13. The Bertz CT molecular complexity index is 916. The van der Waals surface area contributed by atoms with Crippen LogP contribution in [0.15, 0.2) is 41.9 Å². The second-order valence-electron chi connectivity index (χ2n) is 5.07. The van der Waals surface area contributed by atoms with Crippen molar-refractivity contribution < 1.29 is 14.3 Å². The predicted octanol–water partition coefficient (Wildman–Crippen LogP) is 4.95. The molecule has 0 radical (unpaired) electrons. The molecule has 134 valence electrons. The fourth-order valence-electron chi connectivity index (χ4n) is 1.98. The van der Waals surface area contributed by atoms with Gasteiger partial charge in [0.25, 0.3) is 0 Å². The molecule has 0 atom stereocenters. The van der Waals surface area contributed by atoms with Crippen LogP contribution in [0.2, 0.25) is 10.2 Å². The minimum atomic E-state index is -0.547. The largest absolute Gasteiger partial charge is 0.497 e.